The molecule has 0 spiro atoms. The number of para-hydroxylation sites is 1. The van der Waals surface area contributed by atoms with Gasteiger partial charge < -0.3 is 5.73 Å². The lowest BCUT2D eigenvalue weighted by atomic mass is 10.2. The molecule has 2 aromatic heterocycles. The summed E-state index contributed by atoms with van der Waals surface area (Å²) in [6.07, 6.45) is 1.73. The lowest BCUT2D eigenvalue weighted by molar-refractivity contribution is 1.36. The number of rotatable bonds is 2. The van der Waals surface area contributed by atoms with Gasteiger partial charge in [-0.15, -0.1) is 11.3 Å². The number of thiophene rings is 1. The molecule has 0 bridgehead atoms. The Morgan fingerprint density at radius 2 is 2.00 bits per heavy atom. The van der Waals surface area contributed by atoms with Gasteiger partial charge in [0.1, 0.15) is 0 Å². The van der Waals surface area contributed by atoms with Gasteiger partial charge in [0.15, 0.2) is 0 Å². The Labute approximate surface area is 107 Å². The fourth-order valence-corrected chi connectivity index (χ4v) is 3.53. The largest absolute Gasteiger partial charge is 0.397 e. The molecule has 0 saturated heterocycles. The Kier molecular flexibility index (Phi) is 2.74. The number of hydrogen-bond acceptors (Lipinski definition) is 4. The maximum Gasteiger partial charge on any atom is 0.0715 e. The molecule has 2 heterocycles. The summed E-state index contributed by atoms with van der Waals surface area (Å²) in [6, 6.07) is 12.2. The van der Waals surface area contributed by atoms with Crippen molar-refractivity contribution in [1.29, 1.82) is 0 Å². The zero-order valence-corrected chi connectivity index (χ0v) is 10.6. The van der Waals surface area contributed by atoms with Gasteiger partial charge in [-0.1, -0.05) is 36.0 Å². The van der Waals surface area contributed by atoms with Crippen molar-refractivity contribution in [2.24, 2.45) is 0 Å². The van der Waals surface area contributed by atoms with E-state index in [4.69, 9.17) is 5.73 Å². The minimum Gasteiger partial charge on any atom is -0.397 e. The third kappa shape index (κ3) is 2.01. The van der Waals surface area contributed by atoms with Crippen LogP contribution in [0, 0.1) is 0 Å². The van der Waals surface area contributed by atoms with Crippen molar-refractivity contribution in [3.05, 3.63) is 48.0 Å². The van der Waals surface area contributed by atoms with Crippen molar-refractivity contribution in [1.82, 2.24) is 4.98 Å². The second-order valence-electron chi connectivity index (χ2n) is 3.59. The van der Waals surface area contributed by atoms with Crippen LogP contribution in [0.25, 0.3) is 10.9 Å². The van der Waals surface area contributed by atoms with E-state index >= 15 is 0 Å². The number of pyridine rings is 1. The first-order chi connectivity index (χ1) is 8.34. The highest BCUT2D eigenvalue weighted by Gasteiger charge is 2.08. The average molecular weight is 258 g/mol. The normalized spacial score (nSPS) is 10.8. The number of aromatic nitrogens is 1. The van der Waals surface area contributed by atoms with Crippen LogP contribution < -0.4 is 5.73 Å². The minimum absolute atomic E-state index is 0.738. The fraction of sp³-hybridized carbons (Fsp3) is 0. The van der Waals surface area contributed by atoms with Gasteiger partial charge in [0, 0.05) is 10.3 Å². The van der Waals surface area contributed by atoms with Crippen molar-refractivity contribution < 1.29 is 0 Å². The predicted octanol–water partition coefficient (Wildman–Crippen LogP) is 4.03. The van der Waals surface area contributed by atoms with E-state index in [0.717, 1.165) is 21.5 Å². The Bertz CT molecular complexity index is 648. The molecule has 0 unspecified atom stereocenters. The summed E-state index contributed by atoms with van der Waals surface area (Å²) in [5.74, 6) is 0. The van der Waals surface area contributed by atoms with Crippen LogP contribution in [0.15, 0.2) is 57.1 Å². The molecule has 1 aromatic carbocycles. The van der Waals surface area contributed by atoms with Crippen LogP contribution in [0.2, 0.25) is 0 Å². The van der Waals surface area contributed by atoms with E-state index in [1.54, 1.807) is 29.3 Å². The van der Waals surface area contributed by atoms with E-state index in [-0.39, 0.29) is 0 Å². The molecule has 2 nitrogen and oxygen atoms in total. The van der Waals surface area contributed by atoms with Crippen LogP contribution in [0.3, 0.4) is 0 Å². The van der Waals surface area contributed by atoms with Crippen LogP contribution >= 0.6 is 23.1 Å². The SMILES string of the molecule is Nc1cnc2ccccc2c1Sc1cccs1. The van der Waals surface area contributed by atoms with E-state index in [2.05, 4.69) is 22.5 Å². The highest BCUT2D eigenvalue weighted by molar-refractivity contribution is 8.01. The molecule has 0 fully saturated rings. The maximum atomic E-state index is 6.02. The summed E-state index contributed by atoms with van der Waals surface area (Å²) >= 11 is 3.43. The Morgan fingerprint density at radius 3 is 2.82 bits per heavy atom. The Balaban J connectivity index is 2.17. The van der Waals surface area contributed by atoms with E-state index in [0.29, 0.717) is 0 Å². The molecular weight excluding hydrogens is 248 g/mol. The van der Waals surface area contributed by atoms with Gasteiger partial charge in [-0.05, 0) is 17.5 Å². The van der Waals surface area contributed by atoms with Gasteiger partial charge in [-0.25, -0.2) is 0 Å². The number of hydrogen-bond donors (Lipinski definition) is 1. The second kappa shape index (κ2) is 4.39. The van der Waals surface area contributed by atoms with Crippen molar-refractivity contribution in [3.63, 3.8) is 0 Å². The summed E-state index contributed by atoms with van der Waals surface area (Å²) in [6.45, 7) is 0. The Hall–Kier alpha value is -1.52. The van der Waals surface area contributed by atoms with Gasteiger partial charge in [0.2, 0.25) is 0 Å². The van der Waals surface area contributed by atoms with Crippen molar-refractivity contribution in [2.45, 2.75) is 9.10 Å². The standard InChI is InChI=1S/C13H10N2S2/c14-10-8-15-11-5-2-1-4-9(11)13(10)17-12-6-3-7-16-12/h1-8H,14H2. The molecule has 3 aromatic rings. The summed E-state index contributed by atoms with van der Waals surface area (Å²) in [4.78, 5) is 5.43. The third-order valence-electron chi connectivity index (χ3n) is 2.45. The van der Waals surface area contributed by atoms with Gasteiger partial charge in [-0.2, -0.15) is 0 Å². The van der Waals surface area contributed by atoms with Gasteiger partial charge in [0.05, 0.1) is 21.6 Å². The highest BCUT2D eigenvalue weighted by Crippen LogP contribution is 2.38. The molecule has 2 N–H and O–H groups in total. The molecule has 4 heteroatoms. The molecule has 0 radical (unpaired) electrons. The smallest absolute Gasteiger partial charge is 0.0715 e. The number of fused-ring (bicyclic) bond motifs is 1. The quantitative estimate of drug-likeness (QED) is 0.754. The van der Waals surface area contributed by atoms with Crippen molar-refractivity contribution in [2.75, 3.05) is 5.73 Å². The highest BCUT2D eigenvalue weighted by atomic mass is 32.2. The van der Waals surface area contributed by atoms with Gasteiger partial charge >= 0.3 is 0 Å². The van der Waals surface area contributed by atoms with E-state index in [9.17, 15) is 0 Å². The van der Waals surface area contributed by atoms with Crippen LogP contribution in [0.5, 0.6) is 0 Å². The molecule has 0 amide bonds. The summed E-state index contributed by atoms with van der Waals surface area (Å²) in [5, 5.41) is 3.19. The minimum atomic E-state index is 0.738. The van der Waals surface area contributed by atoms with E-state index in [1.807, 2.05) is 24.3 Å². The number of benzene rings is 1. The summed E-state index contributed by atoms with van der Waals surface area (Å²) < 4.78 is 1.24. The van der Waals surface area contributed by atoms with Crippen LogP contribution in [-0.2, 0) is 0 Å². The number of nitrogens with zero attached hydrogens (tertiary/aromatic N) is 1. The predicted molar refractivity (Wildman–Crippen MR) is 74.6 cm³/mol. The summed E-state index contributed by atoms with van der Waals surface area (Å²) in [5.41, 5.74) is 7.75. The van der Waals surface area contributed by atoms with Crippen molar-refractivity contribution >= 4 is 39.7 Å². The maximum absolute atomic E-state index is 6.02. The zero-order chi connectivity index (χ0) is 11.7. The molecular formula is C13H10N2S2. The van der Waals surface area contributed by atoms with Crippen LogP contribution in [-0.4, -0.2) is 4.98 Å². The van der Waals surface area contributed by atoms with Crippen molar-refractivity contribution in [3.8, 4) is 0 Å². The number of anilines is 1. The third-order valence-corrected chi connectivity index (χ3v) is 4.65. The first-order valence-electron chi connectivity index (χ1n) is 5.19. The molecule has 3 rings (SSSR count). The zero-order valence-electron chi connectivity index (χ0n) is 8.96. The molecule has 84 valence electrons. The van der Waals surface area contributed by atoms with E-state index < -0.39 is 0 Å². The lowest BCUT2D eigenvalue weighted by Gasteiger charge is -2.07. The van der Waals surface area contributed by atoms with E-state index in [1.165, 1.54) is 4.21 Å². The first kappa shape index (κ1) is 10.6. The molecule has 0 aliphatic rings. The number of nitrogen functional groups attached to an aromatic ring is 1. The Morgan fingerprint density at radius 1 is 1.12 bits per heavy atom. The fourth-order valence-electron chi connectivity index (χ4n) is 1.67. The number of nitrogens with two attached hydrogens (primary N) is 1. The van der Waals surface area contributed by atoms with Crippen LogP contribution in [0.1, 0.15) is 0 Å². The van der Waals surface area contributed by atoms with Gasteiger partial charge in [0.25, 0.3) is 0 Å². The lowest BCUT2D eigenvalue weighted by Crippen LogP contribution is -1.91. The molecule has 0 atom stereocenters. The summed E-state index contributed by atoms with van der Waals surface area (Å²) in [7, 11) is 0. The molecule has 0 saturated carbocycles. The van der Waals surface area contributed by atoms with Crippen LogP contribution in [0.4, 0.5) is 5.69 Å². The average Bonchev–Trinajstić information content (AvgIpc) is 2.86. The molecule has 0 aliphatic heterocycles. The van der Waals surface area contributed by atoms with Gasteiger partial charge in [-0.3, -0.25) is 4.98 Å². The first-order valence-corrected chi connectivity index (χ1v) is 6.89. The second-order valence-corrected chi connectivity index (χ2v) is 5.85. The molecule has 0 aliphatic carbocycles. The molecule has 17 heavy (non-hydrogen) atoms. The topological polar surface area (TPSA) is 38.9 Å². The monoisotopic (exact) mass is 258 g/mol.